The molecular weight excluding hydrogens is 470 g/mol. The maximum atomic E-state index is 13.2. The Labute approximate surface area is 204 Å². The van der Waals surface area contributed by atoms with Crippen molar-refractivity contribution in [2.24, 2.45) is 0 Å². The second-order valence-electron chi connectivity index (χ2n) is 8.56. The van der Waals surface area contributed by atoms with Crippen molar-refractivity contribution in [1.82, 2.24) is 14.8 Å². The summed E-state index contributed by atoms with van der Waals surface area (Å²) >= 11 is 0. The predicted octanol–water partition coefficient (Wildman–Crippen LogP) is 2.73. The number of fused-ring (bicyclic) bond motifs is 1. The van der Waals surface area contributed by atoms with Gasteiger partial charge in [-0.25, -0.2) is 4.78 Å². The van der Waals surface area contributed by atoms with Crippen LogP contribution in [0.1, 0.15) is 18.0 Å². The number of carbonyl (C=O) groups is 1. The number of hydrogen-bond donors (Lipinski definition) is 4. The fourth-order valence-electron chi connectivity index (χ4n) is 4.27. The molecule has 0 bridgehead atoms. The number of carbonyl (C=O) groups excluding carboxylic acids is 1. The third-order valence-electron chi connectivity index (χ3n) is 6.05. The minimum Gasteiger partial charge on any atom is -0.483 e. The third kappa shape index (κ3) is 6.25. The SMILES string of the molecule is CN(C(=O)COc1ccc(NS(=N)(=O)O)c2ncccc12)C(CN1CC[C@H](O)C1)c1ccccc1. The van der Waals surface area contributed by atoms with Crippen molar-refractivity contribution in [3.63, 3.8) is 0 Å². The highest BCUT2D eigenvalue weighted by molar-refractivity contribution is 7.88. The second kappa shape index (κ2) is 10.6. The lowest BCUT2D eigenvalue weighted by Gasteiger charge is -2.32. The van der Waals surface area contributed by atoms with E-state index in [9.17, 15) is 18.7 Å². The molecule has 10 nitrogen and oxygen atoms in total. The van der Waals surface area contributed by atoms with E-state index in [1.807, 2.05) is 30.3 Å². The van der Waals surface area contributed by atoms with Gasteiger partial charge >= 0.3 is 0 Å². The van der Waals surface area contributed by atoms with Gasteiger partial charge in [0.05, 0.1) is 23.3 Å². The van der Waals surface area contributed by atoms with Crippen molar-refractivity contribution < 1.29 is 23.4 Å². The molecule has 11 heteroatoms. The molecule has 1 amide bonds. The molecule has 186 valence electrons. The number of β-amino-alcohol motifs (C(OH)–C–C–N with tert-alkyl or cyclic N) is 1. The van der Waals surface area contributed by atoms with Gasteiger partial charge in [-0.15, -0.1) is 0 Å². The lowest BCUT2D eigenvalue weighted by molar-refractivity contribution is -0.134. The Morgan fingerprint density at radius 1 is 1.29 bits per heavy atom. The van der Waals surface area contributed by atoms with E-state index in [0.29, 0.717) is 29.7 Å². The Hall–Kier alpha value is -3.25. The average molecular weight is 500 g/mol. The van der Waals surface area contributed by atoms with E-state index in [1.54, 1.807) is 30.1 Å². The average Bonchev–Trinajstić information content (AvgIpc) is 3.25. The van der Waals surface area contributed by atoms with Gasteiger partial charge < -0.3 is 14.7 Å². The lowest BCUT2D eigenvalue weighted by Crippen LogP contribution is -2.40. The molecule has 1 aromatic heterocycles. The van der Waals surface area contributed by atoms with Gasteiger partial charge in [-0.3, -0.25) is 24.0 Å². The van der Waals surface area contributed by atoms with Crippen LogP contribution in [0, 0.1) is 4.78 Å². The molecule has 2 unspecified atom stereocenters. The van der Waals surface area contributed by atoms with E-state index in [4.69, 9.17) is 9.52 Å². The molecule has 2 heterocycles. The molecule has 0 radical (unpaired) electrons. The van der Waals surface area contributed by atoms with E-state index in [0.717, 1.165) is 18.5 Å². The Morgan fingerprint density at radius 2 is 2.06 bits per heavy atom. The van der Waals surface area contributed by atoms with Gasteiger partial charge in [-0.05, 0) is 36.2 Å². The van der Waals surface area contributed by atoms with E-state index in [-0.39, 0.29) is 30.3 Å². The standard InChI is InChI=1S/C24H29N5O5S/c1-28(21(17-6-3-2-4-7-17)15-29-13-11-18(30)14-29)23(31)16-34-22-10-9-20(27-35(25,32)33)24-19(22)8-5-12-26-24/h2-10,12,18,21,30H,11,13-16H2,1H3,(H3,25,27,32,33)/t18-,21?/m0/s1. The molecule has 1 fully saturated rings. The number of aliphatic hydroxyl groups is 1. The van der Waals surface area contributed by atoms with Crippen LogP contribution in [0.2, 0.25) is 0 Å². The molecule has 3 aromatic rings. The summed E-state index contributed by atoms with van der Waals surface area (Å²) in [5, 5.41) is 10.5. The minimum absolute atomic E-state index is 0.211. The van der Waals surface area contributed by atoms with Crippen molar-refractivity contribution >= 4 is 32.7 Å². The number of likely N-dealkylation sites (tertiary alicyclic amines) is 1. The lowest BCUT2D eigenvalue weighted by atomic mass is 10.0. The number of aliphatic hydroxyl groups excluding tert-OH is 1. The van der Waals surface area contributed by atoms with Crippen LogP contribution >= 0.6 is 0 Å². The molecule has 0 saturated carbocycles. The van der Waals surface area contributed by atoms with E-state index < -0.39 is 10.2 Å². The Bertz CT molecular complexity index is 1290. The number of benzene rings is 2. The highest BCUT2D eigenvalue weighted by Gasteiger charge is 2.28. The van der Waals surface area contributed by atoms with Gasteiger partial charge in [0.2, 0.25) is 10.2 Å². The second-order valence-corrected chi connectivity index (χ2v) is 9.82. The summed E-state index contributed by atoms with van der Waals surface area (Å²) in [5.74, 6) is 0.177. The number of rotatable bonds is 9. The van der Waals surface area contributed by atoms with Crippen molar-refractivity contribution in [3.05, 3.63) is 66.4 Å². The molecular formula is C24H29N5O5S. The minimum atomic E-state index is -3.98. The van der Waals surface area contributed by atoms with Gasteiger partial charge in [0, 0.05) is 38.3 Å². The van der Waals surface area contributed by atoms with Crippen molar-refractivity contribution in [1.29, 1.82) is 4.78 Å². The first kappa shape index (κ1) is 24.9. The zero-order chi connectivity index (χ0) is 25.0. The van der Waals surface area contributed by atoms with Crippen LogP contribution in [0.5, 0.6) is 5.75 Å². The summed E-state index contributed by atoms with van der Waals surface area (Å²) < 4.78 is 36.2. The number of nitrogens with zero attached hydrogens (tertiary/aromatic N) is 3. The maximum absolute atomic E-state index is 13.2. The van der Waals surface area contributed by atoms with E-state index >= 15 is 0 Å². The van der Waals surface area contributed by atoms with Gasteiger partial charge in [0.25, 0.3) is 5.91 Å². The van der Waals surface area contributed by atoms with Crippen LogP contribution in [-0.4, -0.2) is 74.0 Å². The van der Waals surface area contributed by atoms with Crippen molar-refractivity contribution in [3.8, 4) is 5.75 Å². The van der Waals surface area contributed by atoms with Crippen molar-refractivity contribution in [2.75, 3.05) is 38.0 Å². The number of hydrogen-bond acceptors (Lipinski definition) is 7. The predicted molar refractivity (Wildman–Crippen MR) is 133 cm³/mol. The quantitative estimate of drug-likeness (QED) is 0.355. The zero-order valence-corrected chi connectivity index (χ0v) is 20.1. The third-order valence-corrected chi connectivity index (χ3v) is 6.55. The van der Waals surface area contributed by atoms with E-state index in [1.165, 1.54) is 12.3 Å². The molecule has 35 heavy (non-hydrogen) atoms. The van der Waals surface area contributed by atoms with Gasteiger partial charge in [-0.2, -0.15) is 4.21 Å². The Kier molecular flexibility index (Phi) is 7.51. The van der Waals surface area contributed by atoms with Crippen molar-refractivity contribution in [2.45, 2.75) is 18.6 Å². The normalized spacial score (nSPS) is 18.7. The highest BCUT2D eigenvalue weighted by atomic mass is 32.2. The largest absolute Gasteiger partial charge is 0.483 e. The van der Waals surface area contributed by atoms with Crippen LogP contribution in [0.25, 0.3) is 10.9 Å². The first-order valence-electron chi connectivity index (χ1n) is 11.2. The van der Waals surface area contributed by atoms with Crippen LogP contribution in [0.15, 0.2) is 60.8 Å². The number of pyridine rings is 1. The summed E-state index contributed by atoms with van der Waals surface area (Å²) in [5.41, 5.74) is 1.57. The topological polar surface area (TPSA) is 139 Å². The van der Waals surface area contributed by atoms with E-state index in [2.05, 4.69) is 14.6 Å². The summed E-state index contributed by atoms with van der Waals surface area (Å²) in [4.78, 5) is 21.2. The molecule has 1 saturated heterocycles. The van der Waals surface area contributed by atoms with Crippen LogP contribution in [0.3, 0.4) is 0 Å². The number of aromatic nitrogens is 1. The van der Waals surface area contributed by atoms with Crippen LogP contribution in [-0.2, 0) is 15.0 Å². The molecule has 3 atom stereocenters. The molecule has 4 rings (SSSR count). The molecule has 0 aliphatic carbocycles. The highest BCUT2D eigenvalue weighted by Crippen LogP contribution is 2.31. The molecule has 2 aromatic carbocycles. The van der Waals surface area contributed by atoms with Crippen LogP contribution in [0.4, 0.5) is 5.69 Å². The monoisotopic (exact) mass is 499 g/mol. The molecule has 1 aliphatic rings. The molecule has 1 aliphatic heterocycles. The summed E-state index contributed by atoms with van der Waals surface area (Å²) in [6.45, 7) is 1.75. The smallest absolute Gasteiger partial charge is 0.260 e. The summed E-state index contributed by atoms with van der Waals surface area (Å²) in [7, 11) is -2.23. The maximum Gasteiger partial charge on any atom is 0.260 e. The number of anilines is 1. The van der Waals surface area contributed by atoms with Gasteiger partial charge in [0.15, 0.2) is 6.61 Å². The zero-order valence-electron chi connectivity index (χ0n) is 19.3. The first-order chi connectivity index (χ1) is 16.7. The fraction of sp³-hybridized carbons (Fsp3) is 0.333. The number of ether oxygens (including phenoxy) is 1. The fourth-order valence-corrected chi connectivity index (χ4v) is 4.73. The summed E-state index contributed by atoms with van der Waals surface area (Å²) in [6.07, 6.45) is 1.91. The Balaban J connectivity index is 1.51. The Morgan fingerprint density at radius 3 is 2.74 bits per heavy atom. The van der Waals surface area contributed by atoms with Gasteiger partial charge in [0.1, 0.15) is 5.75 Å². The first-order valence-corrected chi connectivity index (χ1v) is 12.7. The number of amides is 1. The van der Waals surface area contributed by atoms with Gasteiger partial charge in [-0.1, -0.05) is 30.3 Å². The number of likely N-dealkylation sites (N-methyl/N-ethyl adjacent to an activating group) is 1. The molecule has 4 N–H and O–H groups in total. The number of nitrogens with one attached hydrogen (secondary N) is 2. The molecule has 0 spiro atoms. The van der Waals surface area contributed by atoms with Crippen LogP contribution < -0.4 is 9.46 Å². The summed E-state index contributed by atoms with van der Waals surface area (Å²) in [6, 6.07) is 16.1.